The molecule has 28 heavy (non-hydrogen) atoms. The van der Waals surface area contributed by atoms with Crippen molar-refractivity contribution in [1.29, 1.82) is 0 Å². The first-order valence-corrected chi connectivity index (χ1v) is 11.0. The molecule has 1 amide bonds. The number of hydrogen-bond acceptors (Lipinski definition) is 4. The number of nitrogens with zero attached hydrogens (tertiary/aromatic N) is 1. The molecule has 1 aromatic heterocycles. The lowest BCUT2D eigenvalue weighted by atomic mass is 9.85. The lowest BCUT2D eigenvalue weighted by Crippen LogP contribution is -2.36. The zero-order valence-electron chi connectivity index (χ0n) is 16.6. The molecule has 5 nitrogen and oxygen atoms in total. The van der Waals surface area contributed by atoms with Crippen molar-refractivity contribution < 1.29 is 4.79 Å². The molecule has 3 unspecified atom stereocenters. The highest BCUT2D eigenvalue weighted by Crippen LogP contribution is 2.24. The lowest BCUT2D eigenvalue weighted by Gasteiger charge is -2.28. The van der Waals surface area contributed by atoms with Crippen LogP contribution >= 0.6 is 36.6 Å². The molecule has 1 aliphatic heterocycles. The van der Waals surface area contributed by atoms with Crippen molar-refractivity contribution in [2.45, 2.75) is 38.6 Å². The largest absolute Gasteiger partial charge is 0.346 e. The van der Waals surface area contributed by atoms with Gasteiger partial charge in [0.2, 0.25) is 5.91 Å². The first-order chi connectivity index (χ1) is 12.7. The summed E-state index contributed by atoms with van der Waals surface area (Å²) in [5, 5.41) is 6.68. The minimum atomic E-state index is -0.0565. The zero-order chi connectivity index (χ0) is 18.4. The van der Waals surface area contributed by atoms with Crippen LogP contribution in [0, 0.1) is 11.8 Å². The molecule has 1 aromatic carbocycles. The van der Waals surface area contributed by atoms with E-state index in [1.54, 1.807) is 11.8 Å². The molecule has 158 valence electrons. The number of aromatic nitrogens is 2. The van der Waals surface area contributed by atoms with Crippen molar-refractivity contribution >= 4 is 53.5 Å². The van der Waals surface area contributed by atoms with Gasteiger partial charge in [-0.15, -0.1) is 24.8 Å². The molecule has 1 saturated heterocycles. The third kappa shape index (κ3) is 6.83. The van der Waals surface area contributed by atoms with E-state index in [0.717, 1.165) is 42.1 Å². The smallest absolute Gasteiger partial charge is 0.220 e. The molecule has 0 bridgehead atoms. The van der Waals surface area contributed by atoms with Crippen molar-refractivity contribution in [3.63, 3.8) is 0 Å². The van der Waals surface area contributed by atoms with Crippen LogP contribution in [0.2, 0.25) is 0 Å². The second-order valence-electron chi connectivity index (χ2n) is 7.33. The Kier molecular flexibility index (Phi) is 11.3. The molecule has 1 fully saturated rings. The van der Waals surface area contributed by atoms with Crippen molar-refractivity contribution in [2.75, 3.05) is 25.1 Å². The van der Waals surface area contributed by atoms with Gasteiger partial charge >= 0.3 is 0 Å². The number of aromatic amines is 1. The number of carbonyl (C=O) groups is 1. The third-order valence-electron chi connectivity index (χ3n) is 5.33. The van der Waals surface area contributed by atoms with Crippen LogP contribution < -0.4 is 10.6 Å². The molecule has 0 spiro atoms. The van der Waals surface area contributed by atoms with E-state index in [4.69, 9.17) is 4.98 Å². The number of nitrogens with one attached hydrogen (secondary N) is 3. The van der Waals surface area contributed by atoms with Gasteiger partial charge in [-0.1, -0.05) is 19.1 Å². The fourth-order valence-electron chi connectivity index (χ4n) is 3.73. The van der Waals surface area contributed by atoms with E-state index in [2.05, 4.69) is 28.8 Å². The van der Waals surface area contributed by atoms with Gasteiger partial charge in [0.1, 0.15) is 5.82 Å². The van der Waals surface area contributed by atoms with Crippen molar-refractivity contribution in [3.8, 4) is 0 Å². The predicted octanol–water partition coefficient (Wildman–Crippen LogP) is 4.34. The van der Waals surface area contributed by atoms with E-state index in [0.29, 0.717) is 18.3 Å². The van der Waals surface area contributed by atoms with Gasteiger partial charge < -0.3 is 15.6 Å². The lowest BCUT2D eigenvalue weighted by molar-refractivity contribution is -0.123. The molecular weight excluding hydrogens is 415 g/mol. The van der Waals surface area contributed by atoms with Crippen LogP contribution in [0.1, 0.15) is 44.5 Å². The third-order valence-corrected chi connectivity index (χ3v) is 5.97. The molecule has 2 aromatic rings. The van der Waals surface area contributed by atoms with E-state index in [9.17, 15) is 4.79 Å². The van der Waals surface area contributed by atoms with Gasteiger partial charge in [-0.2, -0.15) is 11.8 Å². The van der Waals surface area contributed by atoms with Gasteiger partial charge in [0, 0.05) is 6.42 Å². The molecule has 2 heterocycles. The summed E-state index contributed by atoms with van der Waals surface area (Å²) in [6, 6.07) is 7.96. The van der Waals surface area contributed by atoms with Crippen LogP contribution in [-0.4, -0.2) is 41.0 Å². The van der Waals surface area contributed by atoms with Crippen LogP contribution in [0.25, 0.3) is 11.0 Å². The quantitative estimate of drug-likeness (QED) is 0.563. The van der Waals surface area contributed by atoms with Crippen molar-refractivity contribution in [2.24, 2.45) is 11.8 Å². The average Bonchev–Trinajstić information content (AvgIpc) is 3.09. The fourth-order valence-corrected chi connectivity index (χ4v) is 4.20. The van der Waals surface area contributed by atoms with Gasteiger partial charge in [-0.3, -0.25) is 4.79 Å². The molecule has 3 atom stereocenters. The Labute approximate surface area is 184 Å². The minimum Gasteiger partial charge on any atom is -0.346 e. The van der Waals surface area contributed by atoms with E-state index in [1.807, 2.05) is 24.3 Å². The zero-order valence-corrected chi connectivity index (χ0v) is 19.0. The second-order valence-corrected chi connectivity index (χ2v) is 8.31. The molecule has 0 saturated carbocycles. The Balaban J connectivity index is 0.00000196. The summed E-state index contributed by atoms with van der Waals surface area (Å²) in [5.41, 5.74) is 1.97. The summed E-state index contributed by atoms with van der Waals surface area (Å²) in [4.78, 5) is 20.8. The van der Waals surface area contributed by atoms with Gasteiger partial charge in [0.25, 0.3) is 0 Å². The van der Waals surface area contributed by atoms with Gasteiger partial charge in [0.05, 0.1) is 17.1 Å². The van der Waals surface area contributed by atoms with E-state index >= 15 is 0 Å². The number of rotatable bonds is 8. The standard InChI is InChI=1S/C20H30N4OS.2ClH/c1-14(15-6-5-10-21-13-15)12-19(25)22-18(9-11-26-2)20-23-16-7-3-4-8-17(16)24-20;;/h3-4,7-8,14-15,18,21H,5-6,9-13H2,1-2H3,(H,22,25)(H,23,24);2*1H. The van der Waals surface area contributed by atoms with E-state index in [1.165, 1.54) is 12.8 Å². The van der Waals surface area contributed by atoms with Gasteiger partial charge in [-0.25, -0.2) is 4.98 Å². The highest BCUT2D eigenvalue weighted by atomic mass is 35.5. The molecule has 3 N–H and O–H groups in total. The Hall–Kier alpha value is -0.950. The summed E-state index contributed by atoms with van der Waals surface area (Å²) in [5.74, 6) is 2.99. The number of benzene rings is 1. The summed E-state index contributed by atoms with van der Waals surface area (Å²) in [7, 11) is 0. The maximum Gasteiger partial charge on any atom is 0.220 e. The first kappa shape index (κ1) is 25.1. The maximum atomic E-state index is 12.7. The van der Waals surface area contributed by atoms with Crippen LogP contribution in [0.4, 0.5) is 0 Å². The topological polar surface area (TPSA) is 69.8 Å². The van der Waals surface area contributed by atoms with Crippen molar-refractivity contribution in [3.05, 3.63) is 30.1 Å². The number of halogens is 2. The molecule has 0 radical (unpaired) electrons. The summed E-state index contributed by atoms with van der Waals surface area (Å²) in [6.45, 7) is 4.35. The summed E-state index contributed by atoms with van der Waals surface area (Å²) in [6.07, 6.45) is 6.00. The monoisotopic (exact) mass is 446 g/mol. The normalized spacial score (nSPS) is 18.6. The second kappa shape index (κ2) is 12.6. The molecule has 8 heteroatoms. The Morgan fingerprint density at radius 2 is 2.14 bits per heavy atom. The summed E-state index contributed by atoms with van der Waals surface area (Å²) >= 11 is 1.79. The average molecular weight is 447 g/mol. The van der Waals surface area contributed by atoms with Crippen LogP contribution in [-0.2, 0) is 4.79 Å². The predicted molar refractivity (Wildman–Crippen MR) is 124 cm³/mol. The number of fused-ring (bicyclic) bond motifs is 1. The van der Waals surface area contributed by atoms with Gasteiger partial charge in [0.15, 0.2) is 0 Å². The number of piperidine rings is 1. The Bertz CT molecular complexity index is 688. The minimum absolute atomic E-state index is 0. The Morgan fingerprint density at radius 1 is 1.36 bits per heavy atom. The number of H-pyrrole nitrogens is 1. The number of hydrogen-bond donors (Lipinski definition) is 3. The number of carbonyl (C=O) groups excluding carboxylic acids is 1. The molecule has 3 rings (SSSR count). The molecule has 0 aliphatic carbocycles. The van der Waals surface area contributed by atoms with Crippen LogP contribution in [0.3, 0.4) is 0 Å². The highest BCUT2D eigenvalue weighted by molar-refractivity contribution is 7.98. The maximum absolute atomic E-state index is 12.7. The van der Waals surface area contributed by atoms with E-state index in [-0.39, 0.29) is 36.8 Å². The Morgan fingerprint density at radius 3 is 2.82 bits per heavy atom. The number of thioether (sulfide) groups is 1. The number of para-hydroxylation sites is 2. The first-order valence-electron chi connectivity index (χ1n) is 9.61. The van der Waals surface area contributed by atoms with Gasteiger partial charge in [-0.05, 0) is 68.3 Å². The number of imidazole rings is 1. The van der Waals surface area contributed by atoms with Crippen LogP contribution in [0.15, 0.2) is 24.3 Å². The SMILES string of the molecule is CSCCC(NC(=O)CC(C)C1CCCNC1)c1nc2ccccc2[nH]1.Cl.Cl. The summed E-state index contributed by atoms with van der Waals surface area (Å²) < 4.78 is 0. The van der Waals surface area contributed by atoms with Crippen molar-refractivity contribution in [1.82, 2.24) is 20.6 Å². The van der Waals surface area contributed by atoms with Crippen LogP contribution in [0.5, 0.6) is 0 Å². The number of amides is 1. The highest BCUT2D eigenvalue weighted by Gasteiger charge is 2.24. The van der Waals surface area contributed by atoms with E-state index < -0.39 is 0 Å². The molecule has 1 aliphatic rings. The fraction of sp³-hybridized carbons (Fsp3) is 0.600. The molecular formula is C20H32Cl2N4OS.